The second kappa shape index (κ2) is 6.02. The highest BCUT2D eigenvalue weighted by molar-refractivity contribution is 4.82. The standard InChI is InChI=1S/C14H28N2/c1-3-4-13-7-8-16(11-13)10-12(2)9-15-14-5-6-14/h12-15H,3-11H2,1-2H3. The van der Waals surface area contributed by atoms with E-state index in [4.69, 9.17) is 0 Å². The Kier molecular flexibility index (Phi) is 4.66. The summed E-state index contributed by atoms with van der Waals surface area (Å²) in [6.07, 6.45) is 7.06. The predicted octanol–water partition coefficient (Wildman–Crippen LogP) is 2.50. The van der Waals surface area contributed by atoms with Crippen molar-refractivity contribution in [2.24, 2.45) is 11.8 Å². The van der Waals surface area contributed by atoms with Crippen molar-refractivity contribution >= 4 is 0 Å². The minimum atomic E-state index is 0.820. The molecule has 1 saturated heterocycles. The molecule has 0 aromatic rings. The molecule has 2 heteroatoms. The van der Waals surface area contributed by atoms with Crippen molar-refractivity contribution in [3.8, 4) is 0 Å². The Balaban J connectivity index is 1.57. The van der Waals surface area contributed by atoms with Gasteiger partial charge in [0.15, 0.2) is 0 Å². The Hall–Kier alpha value is -0.0800. The average Bonchev–Trinajstić information content (AvgIpc) is 2.99. The summed E-state index contributed by atoms with van der Waals surface area (Å²) in [5.74, 6) is 1.81. The van der Waals surface area contributed by atoms with Gasteiger partial charge in [0.25, 0.3) is 0 Å². The van der Waals surface area contributed by atoms with Gasteiger partial charge in [-0.3, -0.25) is 0 Å². The fourth-order valence-electron chi connectivity index (χ4n) is 2.88. The van der Waals surface area contributed by atoms with Crippen LogP contribution in [-0.2, 0) is 0 Å². The highest BCUT2D eigenvalue weighted by atomic mass is 15.1. The van der Waals surface area contributed by atoms with Crippen molar-refractivity contribution < 1.29 is 0 Å². The molecular weight excluding hydrogens is 196 g/mol. The van der Waals surface area contributed by atoms with Crippen molar-refractivity contribution in [1.29, 1.82) is 0 Å². The van der Waals surface area contributed by atoms with E-state index in [1.54, 1.807) is 0 Å². The lowest BCUT2D eigenvalue weighted by Gasteiger charge is -2.21. The van der Waals surface area contributed by atoms with Crippen LogP contribution >= 0.6 is 0 Å². The molecule has 94 valence electrons. The van der Waals surface area contributed by atoms with E-state index in [1.165, 1.54) is 58.3 Å². The van der Waals surface area contributed by atoms with Crippen LogP contribution in [0.15, 0.2) is 0 Å². The number of hydrogen-bond acceptors (Lipinski definition) is 2. The van der Waals surface area contributed by atoms with Crippen LogP contribution in [-0.4, -0.2) is 37.1 Å². The lowest BCUT2D eigenvalue weighted by molar-refractivity contribution is 0.271. The average molecular weight is 224 g/mol. The lowest BCUT2D eigenvalue weighted by Crippen LogP contribution is -2.32. The maximum atomic E-state index is 3.64. The largest absolute Gasteiger partial charge is 0.314 e. The van der Waals surface area contributed by atoms with Crippen molar-refractivity contribution in [2.75, 3.05) is 26.2 Å². The Morgan fingerprint density at radius 3 is 2.81 bits per heavy atom. The van der Waals surface area contributed by atoms with E-state index in [2.05, 4.69) is 24.1 Å². The normalized spacial score (nSPS) is 28.5. The number of rotatable bonds is 7. The monoisotopic (exact) mass is 224 g/mol. The minimum Gasteiger partial charge on any atom is -0.314 e. The Morgan fingerprint density at radius 2 is 2.12 bits per heavy atom. The molecule has 0 spiro atoms. The zero-order valence-corrected chi connectivity index (χ0v) is 11.0. The Morgan fingerprint density at radius 1 is 1.31 bits per heavy atom. The molecule has 1 heterocycles. The third-order valence-electron chi connectivity index (χ3n) is 3.97. The van der Waals surface area contributed by atoms with Gasteiger partial charge >= 0.3 is 0 Å². The van der Waals surface area contributed by atoms with Crippen LogP contribution in [0.3, 0.4) is 0 Å². The smallest absolute Gasteiger partial charge is 0.00683 e. The molecule has 0 amide bonds. The van der Waals surface area contributed by atoms with Crippen LogP contribution in [0, 0.1) is 11.8 Å². The number of nitrogens with zero attached hydrogens (tertiary/aromatic N) is 1. The summed E-state index contributed by atoms with van der Waals surface area (Å²) >= 11 is 0. The molecule has 0 aromatic carbocycles. The SMILES string of the molecule is CCCC1CCN(CC(C)CNC2CC2)C1. The molecule has 2 fully saturated rings. The van der Waals surface area contributed by atoms with Gasteiger partial charge in [-0.15, -0.1) is 0 Å². The minimum absolute atomic E-state index is 0.820. The Bertz CT molecular complexity index is 201. The van der Waals surface area contributed by atoms with E-state index in [0.717, 1.165) is 17.9 Å². The third-order valence-corrected chi connectivity index (χ3v) is 3.97. The van der Waals surface area contributed by atoms with Gasteiger partial charge in [0.2, 0.25) is 0 Å². The summed E-state index contributed by atoms with van der Waals surface area (Å²) in [5, 5.41) is 3.64. The van der Waals surface area contributed by atoms with Crippen molar-refractivity contribution in [3.05, 3.63) is 0 Å². The summed E-state index contributed by atoms with van der Waals surface area (Å²) in [6.45, 7) is 9.94. The summed E-state index contributed by atoms with van der Waals surface area (Å²) in [7, 11) is 0. The highest BCUT2D eigenvalue weighted by Gasteiger charge is 2.24. The maximum absolute atomic E-state index is 3.64. The quantitative estimate of drug-likeness (QED) is 0.715. The molecule has 2 atom stereocenters. The van der Waals surface area contributed by atoms with Gasteiger partial charge in [0, 0.05) is 19.1 Å². The summed E-state index contributed by atoms with van der Waals surface area (Å²) in [5.41, 5.74) is 0. The maximum Gasteiger partial charge on any atom is 0.00683 e. The number of likely N-dealkylation sites (tertiary alicyclic amines) is 1. The molecule has 1 N–H and O–H groups in total. The zero-order chi connectivity index (χ0) is 11.4. The first-order chi connectivity index (χ1) is 7.78. The van der Waals surface area contributed by atoms with Gasteiger partial charge in [-0.25, -0.2) is 0 Å². The van der Waals surface area contributed by atoms with Gasteiger partial charge in [0.05, 0.1) is 0 Å². The van der Waals surface area contributed by atoms with Crippen molar-refractivity contribution in [1.82, 2.24) is 10.2 Å². The van der Waals surface area contributed by atoms with E-state index in [1.807, 2.05) is 0 Å². The van der Waals surface area contributed by atoms with Crippen LogP contribution in [0.2, 0.25) is 0 Å². The molecule has 16 heavy (non-hydrogen) atoms. The number of hydrogen-bond donors (Lipinski definition) is 1. The molecule has 2 unspecified atom stereocenters. The molecule has 2 nitrogen and oxygen atoms in total. The van der Waals surface area contributed by atoms with E-state index in [-0.39, 0.29) is 0 Å². The molecular formula is C14H28N2. The fraction of sp³-hybridized carbons (Fsp3) is 1.00. The molecule has 1 saturated carbocycles. The first-order valence-corrected chi connectivity index (χ1v) is 7.23. The van der Waals surface area contributed by atoms with Gasteiger partial charge < -0.3 is 10.2 Å². The fourth-order valence-corrected chi connectivity index (χ4v) is 2.88. The van der Waals surface area contributed by atoms with E-state index in [9.17, 15) is 0 Å². The first kappa shape index (κ1) is 12.4. The van der Waals surface area contributed by atoms with Gasteiger partial charge in [-0.05, 0) is 50.6 Å². The molecule has 0 bridgehead atoms. The van der Waals surface area contributed by atoms with Crippen LogP contribution in [0.5, 0.6) is 0 Å². The van der Waals surface area contributed by atoms with Crippen LogP contribution < -0.4 is 5.32 Å². The predicted molar refractivity (Wildman–Crippen MR) is 69.6 cm³/mol. The molecule has 1 aliphatic heterocycles. The van der Waals surface area contributed by atoms with Crippen LogP contribution in [0.4, 0.5) is 0 Å². The number of nitrogens with one attached hydrogen (secondary N) is 1. The second-order valence-electron chi connectivity index (χ2n) is 5.99. The van der Waals surface area contributed by atoms with Crippen molar-refractivity contribution in [3.63, 3.8) is 0 Å². The van der Waals surface area contributed by atoms with Gasteiger partial charge in [-0.2, -0.15) is 0 Å². The van der Waals surface area contributed by atoms with Gasteiger partial charge in [0.1, 0.15) is 0 Å². The third kappa shape index (κ3) is 4.06. The second-order valence-corrected chi connectivity index (χ2v) is 5.99. The van der Waals surface area contributed by atoms with Crippen LogP contribution in [0.1, 0.15) is 46.0 Å². The lowest BCUT2D eigenvalue weighted by atomic mass is 10.0. The van der Waals surface area contributed by atoms with E-state index >= 15 is 0 Å². The molecule has 2 aliphatic rings. The molecule has 1 aliphatic carbocycles. The summed E-state index contributed by atoms with van der Waals surface area (Å²) in [6, 6.07) is 0.869. The highest BCUT2D eigenvalue weighted by Crippen LogP contribution is 2.22. The summed E-state index contributed by atoms with van der Waals surface area (Å²) in [4.78, 5) is 2.68. The first-order valence-electron chi connectivity index (χ1n) is 7.23. The Labute approximate surface area is 101 Å². The zero-order valence-electron chi connectivity index (χ0n) is 11.0. The summed E-state index contributed by atoms with van der Waals surface area (Å²) < 4.78 is 0. The van der Waals surface area contributed by atoms with E-state index < -0.39 is 0 Å². The molecule has 0 aromatic heterocycles. The van der Waals surface area contributed by atoms with Crippen molar-refractivity contribution in [2.45, 2.75) is 52.0 Å². The molecule has 2 rings (SSSR count). The van der Waals surface area contributed by atoms with Crippen LogP contribution in [0.25, 0.3) is 0 Å². The van der Waals surface area contributed by atoms with Gasteiger partial charge in [-0.1, -0.05) is 20.3 Å². The molecule has 0 radical (unpaired) electrons. The topological polar surface area (TPSA) is 15.3 Å². The van der Waals surface area contributed by atoms with E-state index in [0.29, 0.717) is 0 Å².